The Morgan fingerprint density at radius 3 is 2.56 bits per heavy atom. The van der Waals surface area contributed by atoms with E-state index in [1.165, 1.54) is 6.26 Å². The number of nitrogen functional groups attached to an aromatic ring is 1. The first kappa shape index (κ1) is 17.7. The molecule has 0 bridgehead atoms. The molecule has 0 aliphatic carbocycles. The second kappa shape index (κ2) is 5.98. The maximum Gasteiger partial charge on any atom is 0.152 e. The van der Waals surface area contributed by atoms with Gasteiger partial charge in [0.1, 0.15) is 5.52 Å². The average molecular weight is 360 g/mol. The topological polar surface area (TPSA) is 90.9 Å². The largest absolute Gasteiger partial charge is 0.382 e. The predicted molar refractivity (Wildman–Crippen MR) is 102 cm³/mol. The Kier molecular flexibility index (Phi) is 4.23. The van der Waals surface area contributed by atoms with E-state index >= 15 is 0 Å². The lowest BCUT2D eigenvalue weighted by Gasteiger charge is -2.23. The number of nitrogens with zero attached hydrogens (tertiary/aromatic N) is 3. The van der Waals surface area contributed by atoms with Gasteiger partial charge in [0.05, 0.1) is 10.3 Å². The van der Waals surface area contributed by atoms with Crippen LogP contribution in [0.2, 0.25) is 0 Å². The Bertz CT molecular complexity index is 1050. The highest BCUT2D eigenvalue weighted by molar-refractivity contribution is 7.92. The predicted octanol–water partition coefficient (Wildman–Crippen LogP) is 2.94. The van der Waals surface area contributed by atoms with Crippen molar-refractivity contribution in [1.82, 2.24) is 14.8 Å². The molecule has 0 fully saturated rings. The average Bonchev–Trinajstić information content (AvgIpc) is 2.86. The molecule has 2 aromatic heterocycles. The number of aromatic nitrogens is 3. The number of hydrogen-bond acceptors (Lipinski definition) is 5. The first-order chi connectivity index (χ1) is 11.7. The molecule has 3 aromatic rings. The number of fused-ring (bicyclic) bond motifs is 3. The molecule has 0 atom stereocenters. The van der Waals surface area contributed by atoms with Gasteiger partial charge in [-0.2, -0.15) is 5.10 Å². The number of sulfone groups is 1. The molecule has 1 aromatic carbocycles. The molecule has 0 spiro atoms. The Hall–Kier alpha value is -2.15. The standard InChI is InChI=1S/C18H24N4O2S/c1-5-10-22-14(11-18(2,3)25(4,23)24)15-12-8-6-7-9-13(12)20-17(19)16(15)21-22/h6-9H,5,10-11H2,1-4H3,(H2,19,20). The summed E-state index contributed by atoms with van der Waals surface area (Å²) in [5, 5.41) is 6.52. The zero-order valence-corrected chi connectivity index (χ0v) is 15.9. The number of aryl methyl sites for hydroxylation is 1. The van der Waals surface area contributed by atoms with Gasteiger partial charge in [-0.15, -0.1) is 0 Å². The van der Waals surface area contributed by atoms with Gasteiger partial charge in [0.15, 0.2) is 15.7 Å². The fraction of sp³-hybridized carbons (Fsp3) is 0.444. The summed E-state index contributed by atoms with van der Waals surface area (Å²) in [6.07, 6.45) is 2.55. The van der Waals surface area contributed by atoms with Crippen molar-refractivity contribution in [1.29, 1.82) is 0 Å². The number of para-hydroxylation sites is 1. The maximum absolute atomic E-state index is 12.2. The van der Waals surface area contributed by atoms with Crippen LogP contribution >= 0.6 is 0 Å². The van der Waals surface area contributed by atoms with E-state index in [-0.39, 0.29) is 0 Å². The van der Waals surface area contributed by atoms with Gasteiger partial charge in [0.2, 0.25) is 0 Å². The summed E-state index contributed by atoms with van der Waals surface area (Å²) < 4.78 is 25.5. The maximum atomic E-state index is 12.2. The van der Waals surface area contributed by atoms with Crippen LogP contribution in [0.4, 0.5) is 5.82 Å². The molecule has 0 aliphatic heterocycles. The Morgan fingerprint density at radius 1 is 1.24 bits per heavy atom. The minimum absolute atomic E-state index is 0.371. The van der Waals surface area contributed by atoms with Crippen molar-refractivity contribution in [2.75, 3.05) is 12.0 Å². The SMILES string of the molecule is CCCn1nc2c(N)nc3ccccc3c2c1CC(C)(C)S(C)(=O)=O. The molecule has 3 rings (SSSR count). The molecule has 134 valence electrons. The zero-order chi connectivity index (χ0) is 18.4. The van der Waals surface area contributed by atoms with Gasteiger partial charge in [-0.1, -0.05) is 25.1 Å². The molecule has 2 N–H and O–H groups in total. The van der Waals surface area contributed by atoms with Gasteiger partial charge in [0.25, 0.3) is 0 Å². The van der Waals surface area contributed by atoms with Gasteiger partial charge in [-0.3, -0.25) is 4.68 Å². The molecular formula is C18H24N4O2S. The molecule has 0 radical (unpaired) electrons. The fourth-order valence-corrected chi connectivity index (χ4v) is 3.43. The summed E-state index contributed by atoms with van der Waals surface area (Å²) in [6, 6.07) is 7.76. The van der Waals surface area contributed by atoms with Gasteiger partial charge in [-0.25, -0.2) is 13.4 Å². The Balaban J connectivity index is 2.37. The minimum Gasteiger partial charge on any atom is -0.382 e. The zero-order valence-electron chi connectivity index (χ0n) is 15.1. The minimum atomic E-state index is -3.23. The highest BCUT2D eigenvalue weighted by atomic mass is 32.2. The van der Waals surface area contributed by atoms with Crippen LogP contribution in [0.3, 0.4) is 0 Å². The first-order valence-corrected chi connectivity index (χ1v) is 10.3. The van der Waals surface area contributed by atoms with Crippen molar-refractivity contribution in [3.05, 3.63) is 30.0 Å². The quantitative estimate of drug-likeness (QED) is 0.755. The Morgan fingerprint density at radius 2 is 1.92 bits per heavy atom. The molecule has 2 heterocycles. The van der Waals surface area contributed by atoms with Crippen molar-refractivity contribution >= 4 is 37.5 Å². The van der Waals surface area contributed by atoms with Crippen LogP contribution in [0.1, 0.15) is 32.9 Å². The second-order valence-corrected chi connectivity index (χ2v) is 9.77. The third-order valence-electron chi connectivity index (χ3n) is 4.75. The van der Waals surface area contributed by atoms with Gasteiger partial charge in [0, 0.05) is 35.7 Å². The summed E-state index contributed by atoms with van der Waals surface area (Å²) in [4.78, 5) is 4.45. The highest BCUT2D eigenvalue weighted by Crippen LogP contribution is 2.33. The summed E-state index contributed by atoms with van der Waals surface area (Å²) in [5.41, 5.74) is 8.48. The molecule has 0 amide bonds. The van der Waals surface area contributed by atoms with E-state index in [0.717, 1.165) is 28.4 Å². The number of benzene rings is 1. The normalized spacial score (nSPS) is 13.0. The third kappa shape index (κ3) is 2.97. The van der Waals surface area contributed by atoms with Crippen LogP contribution in [0.15, 0.2) is 24.3 Å². The molecule has 25 heavy (non-hydrogen) atoms. The number of anilines is 1. The van der Waals surface area contributed by atoms with Crippen LogP contribution < -0.4 is 5.73 Å². The summed E-state index contributed by atoms with van der Waals surface area (Å²) in [5.74, 6) is 0.377. The summed E-state index contributed by atoms with van der Waals surface area (Å²) in [7, 11) is -3.23. The number of pyridine rings is 1. The highest BCUT2D eigenvalue weighted by Gasteiger charge is 2.33. The van der Waals surface area contributed by atoms with E-state index in [2.05, 4.69) is 17.0 Å². The second-order valence-electron chi connectivity index (χ2n) is 7.12. The fourth-order valence-electron chi connectivity index (χ4n) is 3.04. The van der Waals surface area contributed by atoms with E-state index in [4.69, 9.17) is 5.73 Å². The van der Waals surface area contributed by atoms with Crippen molar-refractivity contribution in [3.63, 3.8) is 0 Å². The number of nitrogens with two attached hydrogens (primary N) is 1. The smallest absolute Gasteiger partial charge is 0.152 e. The van der Waals surface area contributed by atoms with Crippen LogP contribution in [0.25, 0.3) is 21.8 Å². The third-order valence-corrected chi connectivity index (χ3v) is 6.90. The van der Waals surface area contributed by atoms with Gasteiger partial charge < -0.3 is 5.73 Å². The van der Waals surface area contributed by atoms with Crippen LogP contribution in [-0.4, -0.2) is 34.2 Å². The van der Waals surface area contributed by atoms with Crippen molar-refractivity contribution < 1.29 is 8.42 Å². The van der Waals surface area contributed by atoms with E-state index in [1.54, 1.807) is 13.8 Å². The van der Waals surface area contributed by atoms with E-state index in [0.29, 0.717) is 24.3 Å². The van der Waals surface area contributed by atoms with Crippen LogP contribution in [0.5, 0.6) is 0 Å². The molecule has 0 unspecified atom stereocenters. The lowest BCUT2D eigenvalue weighted by atomic mass is 10.0. The molecule has 0 saturated heterocycles. The molecular weight excluding hydrogens is 336 g/mol. The lowest BCUT2D eigenvalue weighted by molar-refractivity contribution is 0.523. The number of hydrogen-bond donors (Lipinski definition) is 1. The van der Waals surface area contributed by atoms with Crippen LogP contribution in [-0.2, 0) is 22.8 Å². The lowest BCUT2D eigenvalue weighted by Crippen LogP contribution is -2.34. The monoisotopic (exact) mass is 360 g/mol. The molecule has 6 nitrogen and oxygen atoms in total. The first-order valence-electron chi connectivity index (χ1n) is 8.39. The van der Waals surface area contributed by atoms with E-state index < -0.39 is 14.6 Å². The molecule has 7 heteroatoms. The summed E-state index contributed by atoms with van der Waals surface area (Å²) in [6.45, 7) is 6.28. The van der Waals surface area contributed by atoms with E-state index in [9.17, 15) is 8.42 Å². The van der Waals surface area contributed by atoms with Gasteiger partial charge >= 0.3 is 0 Å². The van der Waals surface area contributed by atoms with Gasteiger partial charge in [-0.05, 0) is 26.3 Å². The van der Waals surface area contributed by atoms with Crippen LogP contribution in [0, 0.1) is 0 Å². The molecule has 0 saturated carbocycles. The summed E-state index contributed by atoms with van der Waals surface area (Å²) >= 11 is 0. The van der Waals surface area contributed by atoms with Crippen molar-refractivity contribution in [3.8, 4) is 0 Å². The Labute approximate surface area is 148 Å². The van der Waals surface area contributed by atoms with Crippen molar-refractivity contribution in [2.24, 2.45) is 0 Å². The molecule has 0 aliphatic rings. The van der Waals surface area contributed by atoms with E-state index in [1.807, 2.05) is 28.9 Å². The number of rotatable bonds is 5. The van der Waals surface area contributed by atoms with Crippen molar-refractivity contribution in [2.45, 2.75) is 44.9 Å².